The number of likely N-dealkylation sites (N-methyl/N-ethyl adjacent to an activating group) is 1. The minimum Gasteiger partial charge on any atom is -0.496 e. The number of ether oxygens (including phenoxy) is 1. The molecule has 1 N–H and O–H groups in total. The molecule has 0 aliphatic carbocycles. The van der Waals surface area contributed by atoms with Crippen LogP contribution in [0.4, 0.5) is 0 Å². The molecule has 2 rings (SSSR count). The summed E-state index contributed by atoms with van der Waals surface area (Å²) in [6, 6.07) is 7.17. The van der Waals surface area contributed by atoms with E-state index in [0.717, 1.165) is 31.8 Å². The maximum absolute atomic E-state index is 5.47. The molecule has 0 aromatic heterocycles. The molecule has 1 fully saturated rings. The summed E-state index contributed by atoms with van der Waals surface area (Å²) in [6.07, 6.45) is 2.32. The Morgan fingerprint density at radius 1 is 1.44 bits per heavy atom. The lowest BCUT2D eigenvalue weighted by atomic mass is 10.1. The van der Waals surface area contributed by atoms with E-state index in [2.05, 4.69) is 42.4 Å². The van der Waals surface area contributed by atoms with Crippen molar-refractivity contribution < 1.29 is 4.74 Å². The number of nitrogens with one attached hydrogen (secondary N) is 1. The zero-order valence-corrected chi connectivity index (χ0v) is 11.7. The quantitative estimate of drug-likeness (QED) is 0.863. The predicted octanol–water partition coefficient (Wildman–Crippen LogP) is 2.05. The molecule has 0 bridgehead atoms. The highest BCUT2D eigenvalue weighted by molar-refractivity contribution is 5.37. The molecule has 1 atom stereocenters. The number of hydrogen-bond donors (Lipinski definition) is 1. The predicted molar refractivity (Wildman–Crippen MR) is 75.1 cm³/mol. The second kappa shape index (κ2) is 6.21. The van der Waals surface area contributed by atoms with Gasteiger partial charge in [0.2, 0.25) is 0 Å². The van der Waals surface area contributed by atoms with Gasteiger partial charge in [-0.3, -0.25) is 4.90 Å². The van der Waals surface area contributed by atoms with Crippen LogP contribution in [-0.4, -0.2) is 38.2 Å². The summed E-state index contributed by atoms with van der Waals surface area (Å²) in [5, 5.41) is 3.42. The second-order valence-corrected chi connectivity index (χ2v) is 5.06. The van der Waals surface area contributed by atoms with Gasteiger partial charge < -0.3 is 10.1 Å². The molecule has 1 unspecified atom stereocenters. The van der Waals surface area contributed by atoms with Crippen molar-refractivity contribution in [2.24, 2.45) is 0 Å². The monoisotopic (exact) mass is 248 g/mol. The van der Waals surface area contributed by atoms with Gasteiger partial charge in [-0.15, -0.1) is 0 Å². The van der Waals surface area contributed by atoms with Crippen molar-refractivity contribution in [1.82, 2.24) is 10.2 Å². The van der Waals surface area contributed by atoms with Crippen molar-refractivity contribution >= 4 is 0 Å². The lowest BCUT2D eigenvalue weighted by Crippen LogP contribution is -2.33. The number of nitrogens with zero attached hydrogens (tertiary/aromatic N) is 1. The average molecular weight is 248 g/mol. The Morgan fingerprint density at radius 3 is 2.89 bits per heavy atom. The van der Waals surface area contributed by atoms with Crippen LogP contribution in [0.25, 0.3) is 0 Å². The molecule has 0 spiro atoms. The maximum Gasteiger partial charge on any atom is 0.123 e. The van der Waals surface area contributed by atoms with E-state index in [-0.39, 0.29) is 0 Å². The van der Waals surface area contributed by atoms with E-state index in [1.807, 2.05) is 0 Å². The zero-order valence-electron chi connectivity index (χ0n) is 11.7. The summed E-state index contributed by atoms with van der Waals surface area (Å²) in [5.74, 6) is 1.00. The number of hydrogen-bond acceptors (Lipinski definition) is 3. The van der Waals surface area contributed by atoms with Crippen LogP contribution in [0.3, 0.4) is 0 Å². The van der Waals surface area contributed by atoms with Crippen LogP contribution >= 0.6 is 0 Å². The van der Waals surface area contributed by atoms with Crippen LogP contribution in [0, 0.1) is 0 Å². The largest absolute Gasteiger partial charge is 0.496 e. The zero-order chi connectivity index (χ0) is 13.0. The van der Waals surface area contributed by atoms with Crippen LogP contribution in [0.15, 0.2) is 18.2 Å². The third-order valence-corrected chi connectivity index (χ3v) is 3.83. The van der Waals surface area contributed by atoms with Gasteiger partial charge in [0.25, 0.3) is 0 Å². The molecule has 18 heavy (non-hydrogen) atoms. The third kappa shape index (κ3) is 3.03. The van der Waals surface area contributed by atoms with Gasteiger partial charge in [-0.05, 0) is 38.1 Å². The first-order valence-electron chi connectivity index (χ1n) is 6.81. The lowest BCUT2D eigenvalue weighted by Gasteiger charge is -2.24. The van der Waals surface area contributed by atoms with Crippen molar-refractivity contribution in [2.75, 3.05) is 27.2 Å². The van der Waals surface area contributed by atoms with Crippen LogP contribution in [-0.2, 0) is 13.0 Å². The second-order valence-electron chi connectivity index (χ2n) is 5.06. The van der Waals surface area contributed by atoms with Crippen LogP contribution in [0.2, 0.25) is 0 Å². The molecule has 1 heterocycles. The molecule has 1 aromatic carbocycles. The van der Waals surface area contributed by atoms with E-state index in [9.17, 15) is 0 Å². The Hall–Kier alpha value is -1.06. The third-order valence-electron chi connectivity index (χ3n) is 3.83. The Morgan fingerprint density at radius 2 is 2.28 bits per heavy atom. The van der Waals surface area contributed by atoms with Gasteiger partial charge in [-0.25, -0.2) is 0 Å². The number of methoxy groups -OCH3 is 1. The Labute approximate surface area is 110 Å². The standard InChI is InChI=1S/C15H24N2O/c1-4-12-5-6-15(18-3)13(9-12)11-17(2)14-7-8-16-10-14/h5-6,9,14,16H,4,7-8,10-11H2,1-3H3. The molecule has 1 saturated heterocycles. The Bertz CT molecular complexity index is 386. The summed E-state index contributed by atoms with van der Waals surface area (Å²) < 4.78 is 5.47. The summed E-state index contributed by atoms with van der Waals surface area (Å²) in [5.41, 5.74) is 2.68. The number of rotatable bonds is 5. The molecular formula is C15H24N2O. The fourth-order valence-electron chi connectivity index (χ4n) is 2.59. The molecule has 0 amide bonds. The van der Waals surface area contributed by atoms with Crippen LogP contribution in [0.5, 0.6) is 5.75 Å². The van der Waals surface area contributed by atoms with Crippen molar-refractivity contribution in [1.29, 1.82) is 0 Å². The van der Waals surface area contributed by atoms with Gasteiger partial charge in [0.05, 0.1) is 7.11 Å². The highest BCUT2D eigenvalue weighted by Crippen LogP contribution is 2.23. The van der Waals surface area contributed by atoms with Gasteiger partial charge >= 0.3 is 0 Å². The first-order chi connectivity index (χ1) is 8.74. The first-order valence-corrected chi connectivity index (χ1v) is 6.81. The van der Waals surface area contributed by atoms with E-state index in [1.165, 1.54) is 17.5 Å². The normalized spacial score (nSPS) is 19.4. The number of aryl methyl sites for hydroxylation is 1. The summed E-state index contributed by atoms with van der Waals surface area (Å²) in [4.78, 5) is 2.43. The van der Waals surface area contributed by atoms with E-state index in [4.69, 9.17) is 4.74 Å². The fraction of sp³-hybridized carbons (Fsp3) is 0.600. The van der Waals surface area contributed by atoms with Crippen molar-refractivity contribution in [2.45, 2.75) is 32.4 Å². The van der Waals surface area contributed by atoms with Crippen LogP contribution < -0.4 is 10.1 Å². The summed E-state index contributed by atoms with van der Waals surface area (Å²) in [6.45, 7) is 5.40. The van der Waals surface area contributed by atoms with E-state index >= 15 is 0 Å². The molecule has 3 nitrogen and oxygen atoms in total. The molecule has 1 aliphatic heterocycles. The average Bonchev–Trinajstić information content (AvgIpc) is 2.92. The summed E-state index contributed by atoms with van der Waals surface area (Å²) >= 11 is 0. The molecular weight excluding hydrogens is 224 g/mol. The topological polar surface area (TPSA) is 24.5 Å². The van der Waals surface area contributed by atoms with Crippen molar-refractivity contribution in [3.8, 4) is 5.75 Å². The van der Waals surface area contributed by atoms with E-state index < -0.39 is 0 Å². The maximum atomic E-state index is 5.47. The van der Waals surface area contributed by atoms with Crippen molar-refractivity contribution in [3.63, 3.8) is 0 Å². The van der Waals surface area contributed by atoms with Crippen molar-refractivity contribution in [3.05, 3.63) is 29.3 Å². The first kappa shape index (κ1) is 13.4. The molecule has 1 aliphatic rings. The highest BCUT2D eigenvalue weighted by Gasteiger charge is 2.20. The Balaban J connectivity index is 2.10. The minimum absolute atomic E-state index is 0.653. The highest BCUT2D eigenvalue weighted by atomic mass is 16.5. The van der Waals surface area contributed by atoms with Gasteiger partial charge in [0, 0.05) is 24.7 Å². The van der Waals surface area contributed by atoms with Gasteiger partial charge in [0.1, 0.15) is 5.75 Å². The SMILES string of the molecule is CCc1ccc(OC)c(CN(C)C2CCNC2)c1. The minimum atomic E-state index is 0.653. The lowest BCUT2D eigenvalue weighted by molar-refractivity contribution is 0.245. The Kier molecular flexibility index (Phi) is 4.61. The van der Waals surface area contributed by atoms with E-state index in [1.54, 1.807) is 7.11 Å². The molecule has 0 radical (unpaired) electrons. The van der Waals surface area contributed by atoms with Gasteiger partial charge in [-0.2, -0.15) is 0 Å². The molecule has 100 valence electrons. The molecule has 3 heteroatoms. The fourth-order valence-corrected chi connectivity index (χ4v) is 2.59. The van der Waals surface area contributed by atoms with E-state index in [0.29, 0.717) is 6.04 Å². The van der Waals surface area contributed by atoms with Gasteiger partial charge in [-0.1, -0.05) is 19.1 Å². The number of benzene rings is 1. The van der Waals surface area contributed by atoms with Crippen LogP contribution in [0.1, 0.15) is 24.5 Å². The molecule has 0 saturated carbocycles. The van der Waals surface area contributed by atoms with Gasteiger partial charge in [0.15, 0.2) is 0 Å². The smallest absolute Gasteiger partial charge is 0.123 e. The molecule has 1 aromatic rings. The summed E-state index contributed by atoms with van der Waals surface area (Å²) in [7, 11) is 3.96.